The predicted molar refractivity (Wildman–Crippen MR) is 66.6 cm³/mol. The van der Waals surface area contributed by atoms with E-state index in [9.17, 15) is 4.79 Å². The van der Waals surface area contributed by atoms with Gasteiger partial charge in [0.25, 0.3) is 5.91 Å². The molecule has 0 saturated carbocycles. The van der Waals surface area contributed by atoms with E-state index in [2.05, 4.69) is 10.3 Å². The lowest BCUT2D eigenvalue weighted by Crippen LogP contribution is -2.33. The Hall–Kier alpha value is -1.68. The maximum Gasteiger partial charge on any atom is 0.263 e. The van der Waals surface area contributed by atoms with Crippen LogP contribution < -0.4 is 11.1 Å². The van der Waals surface area contributed by atoms with Crippen molar-refractivity contribution in [2.24, 2.45) is 10.7 Å². The first-order valence-electron chi connectivity index (χ1n) is 5.39. The first-order chi connectivity index (χ1) is 7.68. The molecule has 1 unspecified atom stereocenters. The van der Waals surface area contributed by atoms with Gasteiger partial charge in [0.15, 0.2) is 6.17 Å². The van der Waals surface area contributed by atoms with Gasteiger partial charge < -0.3 is 11.1 Å². The molecular formula is C12H17N3O. The average molecular weight is 219 g/mol. The van der Waals surface area contributed by atoms with Crippen molar-refractivity contribution in [3.8, 4) is 0 Å². The lowest BCUT2D eigenvalue weighted by Gasteiger charge is -2.05. The van der Waals surface area contributed by atoms with Crippen molar-refractivity contribution >= 4 is 17.3 Å². The van der Waals surface area contributed by atoms with Crippen LogP contribution in [0.3, 0.4) is 0 Å². The first-order valence-corrected chi connectivity index (χ1v) is 5.39. The standard InChI is InChI=1S/C10H11N3O.C2H6/c1-6-7-4-2-3-5-8(7)13-10(14)9(11)12-6;1-2/h2-5,9H,11H2,1H3,(H,13,14);1-2H3. The number of carbonyl (C=O) groups excluding carboxylic acids is 1. The molecule has 0 radical (unpaired) electrons. The number of benzene rings is 1. The molecule has 16 heavy (non-hydrogen) atoms. The molecule has 86 valence electrons. The summed E-state index contributed by atoms with van der Waals surface area (Å²) in [4.78, 5) is 15.5. The fourth-order valence-corrected chi connectivity index (χ4v) is 1.45. The molecule has 1 atom stereocenters. The first kappa shape index (κ1) is 12.4. The fraction of sp³-hybridized carbons (Fsp3) is 0.333. The average Bonchev–Trinajstić information content (AvgIpc) is 2.41. The normalized spacial score (nSPS) is 18.4. The molecule has 1 aliphatic heterocycles. The molecule has 1 amide bonds. The van der Waals surface area contributed by atoms with Gasteiger partial charge in [-0.15, -0.1) is 0 Å². The van der Waals surface area contributed by atoms with Gasteiger partial charge in [-0.1, -0.05) is 32.0 Å². The fourth-order valence-electron chi connectivity index (χ4n) is 1.45. The monoisotopic (exact) mass is 219 g/mol. The largest absolute Gasteiger partial charge is 0.322 e. The van der Waals surface area contributed by atoms with E-state index in [0.29, 0.717) is 0 Å². The van der Waals surface area contributed by atoms with Gasteiger partial charge in [0.1, 0.15) is 0 Å². The summed E-state index contributed by atoms with van der Waals surface area (Å²) >= 11 is 0. The summed E-state index contributed by atoms with van der Waals surface area (Å²) in [6, 6.07) is 7.51. The van der Waals surface area contributed by atoms with Gasteiger partial charge in [-0.25, -0.2) is 0 Å². The molecular weight excluding hydrogens is 202 g/mol. The number of aliphatic imine (C=N–C) groups is 1. The molecule has 0 spiro atoms. The Balaban J connectivity index is 0.000000606. The van der Waals surface area contributed by atoms with Crippen LogP contribution in [0.4, 0.5) is 5.69 Å². The maximum atomic E-state index is 11.4. The topological polar surface area (TPSA) is 67.5 Å². The second-order valence-corrected chi connectivity index (χ2v) is 3.19. The SMILES string of the molecule is CC.CC1=NC(N)C(=O)Nc2ccccc21. The van der Waals surface area contributed by atoms with Crippen molar-refractivity contribution in [1.82, 2.24) is 0 Å². The number of hydrogen-bond acceptors (Lipinski definition) is 3. The smallest absolute Gasteiger partial charge is 0.263 e. The number of nitrogens with zero attached hydrogens (tertiary/aromatic N) is 1. The van der Waals surface area contributed by atoms with Gasteiger partial charge >= 0.3 is 0 Å². The number of carbonyl (C=O) groups is 1. The number of anilines is 1. The molecule has 0 bridgehead atoms. The lowest BCUT2D eigenvalue weighted by molar-refractivity contribution is -0.117. The summed E-state index contributed by atoms with van der Waals surface area (Å²) in [7, 11) is 0. The third kappa shape index (κ3) is 2.46. The van der Waals surface area contributed by atoms with Crippen molar-refractivity contribution in [3.63, 3.8) is 0 Å². The van der Waals surface area contributed by atoms with Crippen molar-refractivity contribution in [1.29, 1.82) is 0 Å². The Kier molecular flexibility index (Phi) is 4.19. The second kappa shape index (κ2) is 5.42. The van der Waals surface area contributed by atoms with Crippen molar-refractivity contribution in [3.05, 3.63) is 29.8 Å². The number of nitrogens with one attached hydrogen (secondary N) is 1. The van der Waals surface area contributed by atoms with Gasteiger partial charge in [0.05, 0.1) is 0 Å². The van der Waals surface area contributed by atoms with Crippen LogP contribution in [0.1, 0.15) is 26.3 Å². The van der Waals surface area contributed by atoms with Crippen LogP contribution >= 0.6 is 0 Å². The molecule has 0 fully saturated rings. The summed E-state index contributed by atoms with van der Waals surface area (Å²) in [6.45, 7) is 5.85. The highest BCUT2D eigenvalue weighted by molar-refractivity contribution is 6.10. The Morgan fingerprint density at radius 2 is 1.94 bits per heavy atom. The van der Waals surface area contributed by atoms with Gasteiger partial charge in [-0.05, 0) is 13.0 Å². The third-order valence-corrected chi connectivity index (χ3v) is 2.18. The Morgan fingerprint density at radius 3 is 2.62 bits per heavy atom. The van der Waals surface area contributed by atoms with Gasteiger partial charge in [-0.2, -0.15) is 0 Å². The summed E-state index contributed by atoms with van der Waals surface area (Å²) in [5.41, 5.74) is 8.03. The Morgan fingerprint density at radius 1 is 1.31 bits per heavy atom. The van der Waals surface area contributed by atoms with Crippen LogP contribution in [-0.2, 0) is 4.79 Å². The van der Waals surface area contributed by atoms with Crippen LogP contribution in [0.15, 0.2) is 29.3 Å². The molecule has 0 aliphatic carbocycles. The van der Waals surface area contributed by atoms with Crippen LogP contribution in [0.5, 0.6) is 0 Å². The van der Waals surface area contributed by atoms with E-state index in [-0.39, 0.29) is 5.91 Å². The van der Waals surface area contributed by atoms with E-state index in [0.717, 1.165) is 17.0 Å². The Bertz CT molecular complexity index is 412. The highest BCUT2D eigenvalue weighted by Gasteiger charge is 2.19. The van der Waals surface area contributed by atoms with Crippen LogP contribution in [0.25, 0.3) is 0 Å². The number of amides is 1. The number of para-hydroxylation sites is 1. The van der Waals surface area contributed by atoms with Gasteiger partial charge in [0, 0.05) is 17.0 Å². The summed E-state index contributed by atoms with van der Waals surface area (Å²) in [5, 5.41) is 2.72. The molecule has 1 aliphatic rings. The number of hydrogen-bond donors (Lipinski definition) is 2. The van der Waals surface area contributed by atoms with E-state index >= 15 is 0 Å². The van der Waals surface area contributed by atoms with E-state index in [1.54, 1.807) is 0 Å². The van der Waals surface area contributed by atoms with Gasteiger partial charge in [0.2, 0.25) is 0 Å². The van der Waals surface area contributed by atoms with E-state index in [1.807, 2.05) is 45.0 Å². The van der Waals surface area contributed by atoms with Gasteiger partial charge in [-0.3, -0.25) is 9.79 Å². The molecule has 4 heteroatoms. The number of rotatable bonds is 0. The number of nitrogens with two attached hydrogens (primary N) is 1. The molecule has 0 aromatic heterocycles. The molecule has 2 rings (SSSR count). The zero-order chi connectivity index (χ0) is 12.1. The molecule has 1 heterocycles. The van der Waals surface area contributed by atoms with Crippen LogP contribution in [0.2, 0.25) is 0 Å². The highest BCUT2D eigenvalue weighted by atomic mass is 16.2. The predicted octanol–water partition coefficient (Wildman–Crippen LogP) is 1.76. The minimum absolute atomic E-state index is 0.269. The van der Waals surface area contributed by atoms with Crippen LogP contribution in [0, 0.1) is 0 Å². The van der Waals surface area contributed by atoms with E-state index in [4.69, 9.17) is 5.73 Å². The molecule has 1 aromatic carbocycles. The third-order valence-electron chi connectivity index (χ3n) is 2.18. The summed E-state index contributed by atoms with van der Waals surface area (Å²) in [5.74, 6) is -0.269. The molecule has 0 saturated heterocycles. The summed E-state index contributed by atoms with van der Waals surface area (Å²) < 4.78 is 0. The quantitative estimate of drug-likeness (QED) is 0.698. The molecule has 3 N–H and O–H groups in total. The van der Waals surface area contributed by atoms with E-state index in [1.165, 1.54) is 0 Å². The summed E-state index contributed by atoms with van der Waals surface area (Å²) in [6.07, 6.45) is -0.803. The zero-order valence-electron chi connectivity index (χ0n) is 9.82. The lowest BCUT2D eigenvalue weighted by atomic mass is 10.1. The van der Waals surface area contributed by atoms with Crippen molar-refractivity contribution in [2.45, 2.75) is 26.9 Å². The number of benzodiazepines with no additional fused rings is 1. The van der Waals surface area contributed by atoms with Crippen LogP contribution in [-0.4, -0.2) is 17.8 Å². The van der Waals surface area contributed by atoms with E-state index < -0.39 is 6.17 Å². The zero-order valence-corrected chi connectivity index (χ0v) is 9.82. The Labute approximate surface area is 95.6 Å². The minimum Gasteiger partial charge on any atom is -0.322 e. The van der Waals surface area contributed by atoms with Crippen molar-refractivity contribution < 1.29 is 4.79 Å². The minimum atomic E-state index is -0.803. The maximum absolute atomic E-state index is 11.4. The molecule has 1 aromatic rings. The van der Waals surface area contributed by atoms with Crippen molar-refractivity contribution in [2.75, 3.05) is 5.32 Å². The number of fused-ring (bicyclic) bond motifs is 1. The molecule has 4 nitrogen and oxygen atoms in total. The second-order valence-electron chi connectivity index (χ2n) is 3.19. The highest BCUT2D eigenvalue weighted by Crippen LogP contribution is 2.18.